The molecule has 228 valence electrons. The van der Waals surface area contributed by atoms with Gasteiger partial charge in [-0.25, -0.2) is 4.98 Å². The maximum Gasteiger partial charge on any atom is 0.274 e. The van der Waals surface area contributed by atoms with E-state index >= 15 is 0 Å². The standard InChI is InChI=1S/C31H37N7O2.C3H8/c1-23(2)7-5-8-24(3)22-38-28-10-6-9-27(26(28)20-33-38)34-31(39)29-21-32-30-19-25(11-12-37(29)30)40-18-17-36-15-13-35(4)14-16-36;1-3-2/h5-12,19-21H,3,13-18,22H2,1-2,4H3,(H,34,39);3H2,1-2H3/b8-5-;. The molecule has 9 nitrogen and oxygen atoms in total. The number of fused-ring (bicyclic) bond motifs is 2. The van der Waals surface area contributed by atoms with Gasteiger partial charge in [0.15, 0.2) is 0 Å². The lowest BCUT2D eigenvalue weighted by atomic mass is 10.2. The van der Waals surface area contributed by atoms with Crippen LogP contribution >= 0.6 is 0 Å². The van der Waals surface area contributed by atoms with Crippen molar-refractivity contribution in [3.63, 3.8) is 0 Å². The van der Waals surface area contributed by atoms with Gasteiger partial charge in [0, 0.05) is 50.4 Å². The fraction of sp³-hybridized carbons (Fsp3) is 0.382. The molecule has 0 bridgehead atoms. The fourth-order valence-corrected chi connectivity index (χ4v) is 4.73. The van der Waals surface area contributed by atoms with Gasteiger partial charge in [0.05, 0.1) is 30.1 Å². The number of carbonyl (C=O) groups is 1. The molecular weight excluding hydrogens is 538 g/mol. The highest BCUT2D eigenvalue weighted by Crippen LogP contribution is 2.25. The van der Waals surface area contributed by atoms with Gasteiger partial charge in [-0.3, -0.25) is 18.8 Å². The summed E-state index contributed by atoms with van der Waals surface area (Å²) in [4.78, 5) is 22.5. The Kier molecular flexibility index (Phi) is 11.3. The molecular formula is C34H45N7O2. The van der Waals surface area contributed by atoms with Crippen molar-refractivity contribution < 1.29 is 9.53 Å². The number of allylic oxidation sites excluding steroid dienone is 5. The summed E-state index contributed by atoms with van der Waals surface area (Å²) in [5.41, 5.74) is 4.88. The number of rotatable bonds is 10. The Labute approximate surface area is 255 Å². The Hall–Kier alpha value is -4.21. The van der Waals surface area contributed by atoms with Crippen LogP contribution in [0, 0.1) is 0 Å². The molecule has 1 N–H and O–H groups in total. The molecule has 0 radical (unpaired) electrons. The molecule has 9 heteroatoms. The molecule has 4 heterocycles. The number of benzene rings is 1. The first-order valence-electron chi connectivity index (χ1n) is 15.0. The Morgan fingerprint density at radius 1 is 1.12 bits per heavy atom. The van der Waals surface area contributed by atoms with E-state index in [9.17, 15) is 4.79 Å². The van der Waals surface area contributed by atoms with Crippen molar-refractivity contribution in [1.82, 2.24) is 29.0 Å². The second-order valence-corrected chi connectivity index (χ2v) is 11.2. The molecule has 1 saturated heterocycles. The molecule has 0 unspecified atom stereocenters. The average molecular weight is 584 g/mol. The molecule has 1 aliphatic rings. The first-order valence-corrected chi connectivity index (χ1v) is 15.0. The van der Waals surface area contributed by atoms with Gasteiger partial charge in [0.25, 0.3) is 5.91 Å². The third-order valence-electron chi connectivity index (χ3n) is 7.04. The zero-order valence-electron chi connectivity index (χ0n) is 26.2. The number of aromatic nitrogens is 4. The third-order valence-corrected chi connectivity index (χ3v) is 7.04. The van der Waals surface area contributed by atoms with E-state index in [0.717, 1.165) is 54.9 Å². The number of amides is 1. The van der Waals surface area contributed by atoms with Crippen molar-refractivity contribution >= 4 is 28.1 Å². The van der Waals surface area contributed by atoms with Crippen LogP contribution in [0.5, 0.6) is 5.75 Å². The average Bonchev–Trinajstić information content (AvgIpc) is 3.59. The molecule has 5 rings (SSSR count). The van der Waals surface area contributed by atoms with Crippen LogP contribution in [0.1, 0.15) is 44.6 Å². The number of hydrogen-bond acceptors (Lipinski definition) is 6. The lowest BCUT2D eigenvalue weighted by Gasteiger charge is -2.32. The normalized spacial score (nSPS) is 14.1. The Morgan fingerprint density at radius 3 is 2.63 bits per heavy atom. The molecule has 0 saturated carbocycles. The predicted molar refractivity (Wildman–Crippen MR) is 176 cm³/mol. The second-order valence-electron chi connectivity index (χ2n) is 11.2. The van der Waals surface area contributed by atoms with Gasteiger partial charge < -0.3 is 15.0 Å². The fourth-order valence-electron chi connectivity index (χ4n) is 4.73. The number of likely N-dealkylation sites (N-methyl/N-ethyl adjacent to an activating group) is 1. The summed E-state index contributed by atoms with van der Waals surface area (Å²) in [6.07, 6.45) is 12.5. The van der Waals surface area contributed by atoms with Crippen LogP contribution in [0.3, 0.4) is 0 Å². The van der Waals surface area contributed by atoms with Crippen LogP contribution in [-0.2, 0) is 6.54 Å². The van der Waals surface area contributed by atoms with E-state index in [1.165, 1.54) is 12.0 Å². The van der Waals surface area contributed by atoms with E-state index in [0.29, 0.717) is 30.2 Å². The zero-order chi connectivity index (χ0) is 30.8. The molecule has 0 aliphatic carbocycles. The summed E-state index contributed by atoms with van der Waals surface area (Å²) in [5, 5.41) is 8.45. The van der Waals surface area contributed by atoms with Crippen LogP contribution < -0.4 is 10.1 Å². The van der Waals surface area contributed by atoms with Crippen LogP contribution in [0.15, 0.2) is 84.9 Å². The van der Waals surface area contributed by atoms with E-state index in [1.54, 1.807) is 16.8 Å². The number of ether oxygens (including phenoxy) is 1. The molecule has 0 spiro atoms. The largest absolute Gasteiger partial charge is 0.492 e. The van der Waals surface area contributed by atoms with E-state index in [4.69, 9.17) is 4.74 Å². The number of imidazole rings is 1. The minimum atomic E-state index is -0.245. The van der Waals surface area contributed by atoms with Crippen molar-refractivity contribution in [3.8, 4) is 5.75 Å². The van der Waals surface area contributed by atoms with E-state index in [1.807, 2.05) is 59.4 Å². The summed E-state index contributed by atoms with van der Waals surface area (Å²) < 4.78 is 9.65. The highest BCUT2D eigenvalue weighted by Gasteiger charge is 2.16. The maximum absolute atomic E-state index is 13.3. The van der Waals surface area contributed by atoms with E-state index < -0.39 is 0 Å². The van der Waals surface area contributed by atoms with Gasteiger partial charge in [-0.1, -0.05) is 56.7 Å². The Morgan fingerprint density at radius 2 is 1.88 bits per heavy atom. The van der Waals surface area contributed by atoms with Gasteiger partial charge in [0.2, 0.25) is 0 Å². The minimum absolute atomic E-state index is 0.245. The molecule has 0 atom stereocenters. The number of piperazine rings is 1. The third kappa shape index (κ3) is 8.65. The number of anilines is 1. The lowest BCUT2D eigenvalue weighted by Crippen LogP contribution is -2.45. The Bertz CT molecular complexity index is 1580. The van der Waals surface area contributed by atoms with Gasteiger partial charge in [-0.15, -0.1) is 0 Å². The van der Waals surface area contributed by atoms with Gasteiger partial charge in [-0.05, 0) is 44.7 Å². The van der Waals surface area contributed by atoms with Gasteiger partial charge in [-0.2, -0.15) is 5.10 Å². The summed E-state index contributed by atoms with van der Waals surface area (Å²) in [7, 11) is 2.15. The summed E-state index contributed by atoms with van der Waals surface area (Å²) in [6, 6.07) is 9.53. The summed E-state index contributed by atoms with van der Waals surface area (Å²) >= 11 is 0. The first kappa shape index (κ1) is 31.7. The highest BCUT2D eigenvalue weighted by molar-refractivity contribution is 6.08. The highest BCUT2D eigenvalue weighted by atomic mass is 16.5. The van der Waals surface area contributed by atoms with Gasteiger partial charge in [0.1, 0.15) is 23.7 Å². The maximum atomic E-state index is 13.3. The van der Waals surface area contributed by atoms with Crippen molar-refractivity contribution in [1.29, 1.82) is 0 Å². The number of hydrogen-bond donors (Lipinski definition) is 1. The van der Waals surface area contributed by atoms with E-state index in [-0.39, 0.29) is 5.91 Å². The Balaban J connectivity index is 0.00000135. The number of nitrogens with one attached hydrogen (secondary N) is 1. The molecule has 1 amide bonds. The zero-order valence-corrected chi connectivity index (χ0v) is 26.2. The summed E-state index contributed by atoms with van der Waals surface area (Å²) in [5.74, 6) is 0.499. The first-order chi connectivity index (χ1) is 20.8. The molecule has 43 heavy (non-hydrogen) atoms. The van der Waals surface area contributed by atoms with Crippen molar-refractivity contribution in [2.75, 3.05) is 51.7 Å². The smallest absolute Gasteiger partial charge is 0.274 e. The van der Waals surface area contributed by atoms with Crippen LogP contribution in [0.25, 0.3) is 16.6 Å². The monoisotopic (exact) mass is 583 g/mol. The van der Waals surface area contributed by atoms with Crippen LogP contribution in [0.4, 0.5) is 5.69 Å². The summed E-state index contributed by atoms with van der Waals surface area (Å²) in [6.45, 7) is 18.9. The lowest BCUT2D eigenvalue weighted by molar-refractivity contribution is 0.102. The molecule has 3 aromatic heterocycles. The number of carbonyl (C=O) groups excluding carboxylic acids is 1. The van der Waals surface area contributed by atoms with Gasteiger partial charge >= 0.3 is 0 Å². The molecule has 1 fully saturated rings. The SMILES string of the molecule is C=C(/C=C\C=C(C)C)Cn1ncc2c(NC(=O)c3cnc4cc(OCCN5CCN(C)CC5)ccn34)cccc21.CCC. The van der Waals surface area contributed by atoms with Crippen molar-refractivity contribution in [2.45, 2.75) is 40.7 Å². The minimum Gasteiger partial charge on any atom is -0.492 e. The second kappa shape index (κ2) is 15.3. The quantitative estimate of drug-likeness (QED) is 0.229. The van der Waals surface area contributed by atoms with Crippen molar-refractivity contribution in [2.24, 2.45) is 0 Å². The predicted octanol–water partition coefficient (Wildman–Crippen LogP) is 6.06. The molecule has 1 aromatic carbocycles. The van der Waals surface area contributed by atoms with E-state index in [2.05, 4.69) is 66.5 Å². The number of nitrogens with zero attached hydrogens (tertiary/aromatic N) is 6. The number of pyridine rings is 1. The van der Waals surface area contributed by atoms with Crippen LogP contribution in [-0.4, -0.2) is 81.3 Å². The molecule has 4 aromatic rings. The topological polar surface area (TPSA) is 79.9 Å². The van der Waals surface area contributed by atoms with Crippen LogP contribution in [0.2, 0.25) is 0 Å². The molecule has 1 aliphatic heterocycles. The van der Waals surface area contributed by atoms with Crippen molar-refractivity contribution in [3.05, 3.63) is 90.6 Å².